The lowest BCUT2D eigenvalue weighted by molar-refractivity contribution is 0.474. The maximum Gasteiger partial charge on any atom is 0.115 e. The molecule has 0 saturated heterocycles. The Labute approximate surface area is 59.1 Å². The average Bonchev–Trinajstić information content (AvgIpc) is 1.95. The SMILES string of the molecule is O/C=C\c1ccc(O)cc1. The van der Waals surface area contributed by atoms with E-state index in [1.165, 1.54) is 0 Å². The maximum absolute atomic E-state index is 8.84. The summed E-state index contributed by atoms with van der Waals surface area (Å²) in [6.07, 6.45) is 2.51. The van der Waals surface area contributed by atoms with Gasteiger partial charge in [-0.1, -0.05) is 12.1 Å². The zero-order valence-electron chi connectivity index (χ0n) is 5.36. The lowest BCUT2D eigenvalue weighted by Gasteiger charge is -1.91. The highest BCUT2D eigenvalue weighted by molar-refractivity contribution is 5.49. The van der Waals surface area contributed by atoms with E-state index in [0.717, 1.165) is 11.8 Å². The molecule has 0 unspecified atom stereocenters. The molecule has 0 saturated carbocycles. The zero-order valence-corrected chi connectivity index (χ0v) is 5.36. The first-order chi connectivity index (χ1) is 4.83. The number of aliphatic hydroxyl groups is 1. The van der Waals surface area contributed by atoms with Crippen molar-refractivity contribution in [3.05, 3.63) is 36.1 Å². The Morgan fingerprint density at radius 2 is 1.70 bits per heavy atom. The van der Waals surface area contributed by atoms with Gasteiger partial charge in [-0.3, -0.25) is 0 Å². The van der Waals surface area contributed by atoms with Gasteiger partial charge in [0.2, 0.25) is 0 Å². The van der Waals surface area contributed by atoms with Gasteiger partial charge in [-0.25, -0.2) is 0 Å². The summed E-state index contributed by atoms with van der Waals surface area (Å²) in [6.45, 7) is 0. The van der Waals surface area contributed by atoms with E-state index in [1.807, 2.05) is 0 Å². The van der Waals surface area contributed by atoms with E-state index in [9.17, 15) is 0 Å². The Balaban J connectivity index is 2.89. The monoisotopic (exact) mass is 136 g/mol. The van der Waals surface area contributed by atoms with Gasteiger partial charge in [0.1, 0.15) is 5.75 Å². The Hall–Kier alpha value is -1.44. The van der Waals surface area contributed by atoms with Crippen LogP contribution in [0.2, 0.25) is 0 Å². The molecule has 1 aromatic carbocycles. The molecular formula is C8H8O2. The highest BCUT2D eigenvalue weighted by Gasteiger charge is 1.85. The van der Waals surface area contributed by atoms with E-state index in [1.54, 1.807) is 30.3 Å². The third-order valence-electron chi connectivity index (χ3n) is 1.16. The molecule has 0 fully saturated rings. The molecule has 0 bridgehead atoms. The van der Waals surface area contributed by atoms with Gasteiger partial charge in [0, 0.05) is 0 Å². The highest BCUT2D eigenvalue weighted by Crippen LogP contribution is 2.09. The molecule has 10 heavy (non-hydrogen) atoms. The fraction of sp³-hybridized carbons (Fsp3) is 0. The van der Waals surface area contributed by atoms with E-state index in [4.69, 9.17) is 10.2 Å². The van der Waals surface area contributed by atoms with Gasteiger partial charge in [-0.05, 0) is 23.8 Å². The molecule has 0 aliphatic rings. The van der Waals surface area contributed by atoms with Crippen molar-refractivity contribution in [2.24, 2.45) is 0 Å². The number of hydrogen-bond acceptors (Lipinski definition) is 2. The van der Waals surface area contributed by atoms with Gasteiger partial charge in [0.05, 0.1) is 6.26 Å². The summed E-state index contributed by atoms with van der Waals surface area (Å²) in [4.78, 5) is 0. The standard InChI is InChI=1S/C8H8O2/c9-6-5-7-1-3-8(10)4-2-7/h1-6,9-10H/b6-5-. The molecule has 52 valence electrons. The fourth-order valence-electron chi connectivity index (χ4n) is 0.671. The van der Waals surface area contributed by atoms with Gasteiger partial charge in [0.25, 0.3) is 0 Å². The Morgan fingerprint density at radius 1 is 1.10 bits per heavy atom. The van der Waals surface area contributed by atoms with Crippen LogP contribution in [0.4, 0.5) is 0 Å². The number of hydrogen-bond donors (Lipinski definition) is 2. The molecule has 0 amide bonds. The minimum absolute atomic E-state index is 0.232. The first-order valence-electron chi connectivity index (χ1n) is 2.93. The Kier molecular flexibility index (Phi) is 1.95. The van der Waals surface area contributed by atoms with Crippen LogP contribution in [0.25, 0.3) is 6.08 Å². The summed E-state index contributed by atoms with van der Waals surface area (Å²) in [5, 5.41) is 17.2. The van der Waals surface area contributed by atoms with Gasteiger partial charge < -0.3 is 10.2 Å². The van der Waals surface area contributed by atoms with Crippen LogP contribution in [0, 0.1) is 0 Å². The number of phenols is 1. The van der Waals surface area contributed by atoms with E-state index >= 15 is 0 Å². The van der Waals surface area contributed by atoms with Crippen molar-refractivity contribution in [3.8, 4) is 5.75 Å². The van der Waals surface area contributed by atoms with Crippen molar-refractivity contribution >= 4 is 6.08 Å². The third-order valence-corrected chi connectivity index (χ3v) is 1.16. The molecule has 0 spiro atoms. The van der Waals surface area contributed by atoms with E-state index < -0.39 is 0 Å². The largest absolute Gasteiger partial charge is 0.516 e. The minimum Gasteiger partial charge on any atom is -0.516 e. The van der Waals surface area contributed by atoms with Crippen LogP contribution in [0.5, 0.6) is 5.75 Å². The van der Waals surface area contributed by atoms with Crippen LogP contribution in [-0.4, -0.2) is 10.2 Å². The average molecular weight is 136 g/mol. The molecule has 1 rings (SSSR count). The quantitative estimate of drug-likeness (QED) is 0.579. The Bertz CT molecular complexity index is 224. The molecule has 0 aliphatic carbocycles. The molecule has 0 atom stereocenters. The van der Waals surface area contributed by atoms with Crippen LogP contribution >= 0.6 is 0 Å². The number of benzene rings is 1. The third kappa shape index (κ3) is 1.52. The molecule has 0 radical (unpaired) electrons. The van der Waals surface area contributed by atoms with Gasteiger partial charge in [-0.2, -0.15) is 0 Å². The smallest absolute Gasteiger partial charge is 0.115 e. The first-order valence-corrected chi connectivity index (χ1v) is 2.93. The summed E-state index contributed by atoms with van der Waals surface area (Å²) in [5.74, 6) is 0.232. The van der Waals surface area contributed by atoms with Crippen LogP contribution in [0.15, 0.2) is 30.5 Å². The van der Waals surface area contributed by atoms with Crippen molar-refractivity contribution in [1.29, 1.82) is 0 Å². The predicted octanol–water partition coefficient (Wildman–Crippen LogP) is 1.92. The van der Waals surface area contributed by atoms with Crippen molar-refractivity contribution in [2.45, 2.75) is 0 Å². The number of rotatable bonds is 1. The van der Waals surface area contributed by atoms with Gasteiger partial charge >= 0.3 is 0 Å². The molecule has 2 N–H and O–H groups in total. The summed E-state index contributed by atoms with van der Waals surface area (Å²) in [6, 6.07) is 6.55. The predicted molar refractivity (Wildman–Crippen MR) is 39.8 cm³/mol. The summed E-state index contributed by atoms with van der Waals surface area (Å²) in [5.41, 5.74) is 0.861. The lowest BCUT2D eigenvalue weighted by Crippen LogP contribution is -1.68. The van der Waals surface area contributed by atoms with Crippen molar-refractivity contribution in [3.63, 3.8) is 0 Å². The molecule has 2 heteroatoms. The van der Waals surface area contributed by atoms with Gasteiger partial charge in [-0.15, -0.1) is 0 Å². The number of phenolic OH excluding ortho intramolecular Hbond substituents is 1. The van der Waals surface area contributed by atoms with E-state index in [-0.39, 0.29) is 5.75 Å². The lowest BCUT2D eigenvalue weighted by atomic mass is 10.2. The molecule has 0 aromatic heterocycles. The van der Waals surface area contributed by atoms with Crippen LogP contribution in [0.1, 0.15) is 5.56 Å². The second-order valence-electron chi connectivity index (χ2n) is 1.91. The maximum atomic E-state index is 8.84. The van der Waals surface area contributed by atoms with Crippen LogP contribution in [-0.2, 0) is 0 Å². The van der Waals surface area contributed by atoms with Crippen molar-refractivity contribution in [2.75, 3.05) is 0 Å². The highest BCUT2D eigenvalue weighted by atomic mass is 16.3. The van der Waals surface area contributed by atoms with Crippen molar-refractivity contribution in [1.82, 2.24) is 0 Å². The fourth-order valence-corrected chi connectivity index (χ4v) is 0.671. The molecule has 0 aliphatic heterocycles. The first kappa shape index (κ1) is 6.68. The topological polar surface area (TPSA) is 40.5 Å². The minimum atomic E-state index is 0.232. The molecular weight excluding hydrogens is 128 g/mol. The van der Waals surface area contributed by atoms with E-state index in [0.29, 0.717) is 0 Å². The molecule has 0 heterocycles. The second-order valence-corrected chi connectivity index (χ2v) is 1.91. The van der Waals surface area contributed by atoms with Gasteiger partial charge in [0.15, 0.2) is 0 Å². The van der Waals surface area contributed by atoms with Crippen LogP contribution < -0.4 is 0 Å². The molecule has 2 nitrogen and oxygen atoms in total. The van der Waals surface area contributed by atoms with Crippen molar-refractivity contribution < 1.29 is 10.2 Å². The second kappa shape index (κ2) is 2.92. The van der Waals surface area contributed by atoms with E-state index in [2.05, 4.69) is 0 Å². The molecule has 1 aromatic rings. The number of aromatic hydroxyl groups is 1. The summed E-state index contributed by atoms with van der Waals surface area (Å²) in [7, 11) is 0. The van der Waals surface area contributed by atoms with Crippen LogP contribution in [0.3, 0.4) is 0 Å². The normalized spacial score (nSPS) is 10.4. The summed E-state index contributed by atoms with van der Waals surface area (Å²) < 4.78 is 0. The zero-order chi connectivity index (χ0) is 7.40. The summed E-state index contributed by atoms with van der Waals surface area (Å²) >= 11 is 0. The Morgan fingerprint density at radius 3 is 2.20 bits per heavy atom. The number of aliphatic hydroxyl groups excluding tert-OH is 1.